The minimum atomic E-state index is -0.142. The molecule has 5 nitrogen and oxygen atoms in total. The van der Waals surface area contributed by atoms with Crippen molar-refractivity contribution in [2.75, 3.05) is 0 Å². The molecular weight excluding hydrogens is 625 g/mol. The highest BCUT2D eigenvalue weighted by Crippen LogP contribution is 2.36. The number of fused-ring (bicyclic) bond motifs is 3. The third-order valence-electron chi connectivity index (χ3n) is 9.51. The van der Waals surface area contributed by atoms with Gasteiger partial charge in [-0.25, -0.2) is 4.98 Å². The Kier molecular flexibility index (Phi) is 7.87. The topological polar surface area (TPSA) is 35.9 Å². The van der Waals surface area contributed by atoms with E-state index >= 15 is 0 Å². The lowest BCUT2D eigenvalue weighted by Crippen LogP contribution is -2.29. The van der Waals surface area contributed by atoms with Crippen LogP contribution >= 0.6 is 0 Å². The highest BCUT2D eigenvalue weighted by molar-refractivity contribution is 6.09. The van der Waals surface area contributed by atoms with Crippen LogP contribution in [0.2, 0.25) is 0 Å². The van der Waals surface area contributed by atoms with Crippen molar-refractivity contribution in [2.24, 2.45) is 0 Å². The van der Waals surface area contributed by atoms with Crippen LogP contribution in [0.3, 0.4) is 0 Å². The molecule has 0 amide bonds. The van der Waals surface area contributed by atoms with Crippen LogP contribution in [0.1, 0.15) is 52.8 Å². The standard InChI is InChI=1S/C46H42N4O/c1-45(2,3)33-25-26-47-44(27-33)50-41-22-13-11-20-38(41)39-24-23-36(29-42(39)50)51-35-18-14-17-34(28-35)49-31-48(30-43(49)46(4,5)6)40-21-12-10-19-37(40)32-15-8-7-9-16-32/h7-30H,1-6H3. The van der Waals surface area contributed by atoms with Gasteiger partial charge in [-0.3, -0.25) is 13.7 Å². The summed E-state index contributed by atoms with van der Waals surface area (Å²) in [6.07, 6.45) is 7.78. The monoisotopic (exact) mass is 666 g/mol. The molecule has 8 aromatic rings. The van der Waals surface area contributed by atoms with Crippen LogP contribution in [0.5, 0.6) is 11.5 Å². The van der Waals surface area contributed by atoms with Gasteiger partial charge in [0.05, 0.1) is 28.1 Å². The lowest BCUT2D eigenvalue weighted by atomic mass is 9.88. The van der Waals surface area contributed by atoms with E-state index in [0.29, 0.717) is 0 Å². The maximum Gasteiger partial charge on any atom is 0.269 e. The zero-order valence-corrected chi connectivity index (χ0v) is 30.1. The van der Waals surface area contributed by atoms with Gasteiger partial charge in [0.15, 0.2) is 0 Å². The van der Waals surface area contributed by atoms with Crippen molar-refractivity contribution in [3.63, 3.8) is 0 Å². The van der Waals surface area contributed by atoms with Gasteiger partial charge in [-0.15, -0.1) is 0 Å². The average Bonchev–Trinajstić information content (AvgIpc) is 3.73. The molecular formula is C46H42N4O. The van der Waals surface area contributed by atoms with Crippen molar-refractivity contribution in [3.05, 3.63) is 163 Å². The predicted molar refractivity (Wildman–Crippen MR) is 208 cm³/mol. The molecule has 0 aliphatic carbocycles. The van der Waals surface area contributed by atoms with E-state index in [1.165, 1.54) is 16.5 Å². The molecule has 8 rings (SSSR count). The van der Waals surface area contributed by atoms with Gasteiger partial charge in [0, 0.05) is 29.2 Å². The van der Waals surface area contributed by atoms with E-state index in [-0.39, 0.29) is 10.8 Å². The SMILES string of the molecule is CC(C)(C)c1ccnc(-n2c3ccccc3c3ccc(Oc4cccc(-n5[c-][n+](-c6ccccc6-c6ccccc6)cc5C(C)(C)C)c4)cc32)c1. The Morgan fingerprint density at radius 1 is 0.627 bits per heavy atom. The molecule has 3 aromatic heterocycles. The highest BCUT2D eigenvalue weighted by atomic mass is 16.5. The van der Waals surface area contributed by atoms with Crippen molar-refractivity contribution in [1.29, 1.82) is 0 Å². The number of ether oxygens (including phenoxy) is 1. The first-order chi connectivity index (χ1) is 24.5. The second kappa shape index (κ2) is 12.4. The van der Waals surface area contributed by atoms with Crippen LogP contribution in [0, 0.1) is 6.33 Å². The Balaban J connectivity index is 1.19. The fraction of sp³-hybridized carbons (Fsp3) is 0.174. The summed E-state index contributed by atoms with van der Waals surface area (Å²) in [5.41, 5.74) is 8.79. The quantitative estimate of drug-likeness (QED) is 0.131. The van der Waals surface area contributed by atoms with E-state index in [2.05, 4.69) is 189 Å². The summed E-state index contributed by atoms with van der Waals surface area (Å²) in [5.74, 6) is 2.41. The maximum atomic E-state index is 6.64. The first-order valence-corrected chi connectivity index (χ1v) is 17.5. The van der Waals surface area contributed by atoms with Crippen LogP contribution in [-0.4, -0.2) is 14.1 Å². The summed E-state index contributed by atoms with van der Waals surface area (Å²) in [6, 6.07) is 46.4. The Morgan fingerprint density at radius 3 is 2.16 bits per heavy atom. The van der Waals surface area contributed by atoms with Crippen LogP contribution in [0.25, 0.3) is 50.1 Å². The van der Waals surface area contributed by atoms with Crippen molar-refractivity contribution < 1.29 is 9.30 Å². The molecule has 0 saturated heterocycles. The Bertz CT molecular complexity index is 2530. The third-order valence-corrected chi connectivity index (χ3v) is 9.51. The smallest absolute Gasteiger partial charge is 0.269 e. The number of pyridine rings is 1. The molecule has 0 saturated carbocycles. The zero-order chi connectivity index (χ0) is 35.3. The summed E-state index contributed by atoms with van der Waals surface area (Å²) >= 11 is 0. The number of aromatic nitrogens is 4. The number of hydrogen-bond acceptors (Lipinski definition) is 2. The summed E-state index contributed by atoms with van der Waals surface area (Å²) in [7, 11) is 0. The van der Waals surface area contributed by atoms with Gasteiger partial charge in [0.1, 0.15) is 17.3 Å². The van der Waals surface area contributed by atoms with Gasteiger partial charge >= 0.3 is 0 Å². The largest absolute Gasteiger partial charge is 0.458 e. The zero-order valence-electron chi connectivity index (χ0n) is 30.1. The lowest BCUT2D eigenvalue weighted by molar-refractivity contribution is -0.599. The van der Waals surface area contributed by atoms with Gasteiger partial charge in [-0.05, 0) is 82.1 Å². The van der Waals surface area contributed by atoms with E-state index < -0.39 is 0 Å². The normalized spacial score (nSPS) is 12.1. The lowest BCUT2D eigenvalue weighted by Gasteiger charge is -2.21. The number of rotatable bonds is 6. The molecule has 0 N–H and O–H groups in total. The summed E-state index contributed by atoms with van der Waals surface area (Å²) in [5, 5.41) is 2.34. The predicted octanol–water partition coefficient (Wildman–Crippen LogP) is 11.1. The third kappa shape index (κ3) is 6.10. The van der Waals surface area contributed by atoms with Crippen molar-refractivity contribution in [2.45, 2.75) is 52.4 Å². The van der Waals surface area contributed by atoms with E-state index in [9.17, 15) is 0 Å². The van der Waals surface area contributed by atoms with Crippen LogP contribution in [0.15, 0.2) is 146 Å². The number of imidazole rings is 1. The van der Waals surface area contributed by atoms with Crippen LogP contribution in [-0.2, 0) is 10.8 Å². The number of hydrogen-bond donors (Lipinski definition) is 0. The van der Waals surface area contributed by atoms with Crippen molar-refractivity contribution >= 4 is 21.8 Å². The second-order valence-corrected chi connectivity index (χ2v) is 15.2. The first-order valence-electron chi connectivity index (χ1n) is 17.5. The second-order valence-electron chi connectivity index (χ2n) is 15.2. The fourth-order valence-electron chi connectivity index (χ4n) is 6.86. The van der Waals surface area contributed by atoms with E-state index in [1.54, 1.807) is 0 Å². The van der Waals surface area contributed by atoms with Crippen LogP contribution < -0.4 is 9.30 Å². The molecule has 0 unspecified atom stereocenters. The van der Waals surface area contributed by atoms with E-state index in [1.807, 2.05) is 18.3 Å². The summed E-state index contributed by atoms with van der Waals surface area (Å²) < 4.78 is 13.2. The fourth-order valence-corrected chi connectivity index (χ4v) is 6.86. The molecule has 0 bridgehead atoms. The summed E-state index contributed by atoms with van der Waals surface area (Å²) in [6.45, 7) is 13.4. The summed E-state index contributed by atoms with van der Waals surface area (Å²) in [4.78, 5) is 4.84. The molecule has 0 aliphatic rings. The average molecular weight is 667 g/mol. The minimum Gasteiger partial charge on any atom is -0.458 e. The van der Waals surface area contributed by atoms with Gasteiger partial charge < -0.3 is 4.74 Å². The van der Waals surface area contributed by atoms with Crippen molar-refractivity contribution in [3.8, 4) is 39.8 Å². The molecule has 5 aromatic carbocycles. The molecule has 51 heavy (non-hydrogen) atoms. The number of benzene rings is 5. The Labute approximate surface area is 300 Å². The van der Waals surface area contributed by atoms with Gasteiger partial charge in [0.25, 0.3) is 6.33 Å². The Morgan fingerprint density at radius 2 is 1.35 bits per heavy atom. The molecule has 0 aliphatic heterocycles. The highest BCUT2D eigenvalue weighted by Gasteiger charge is 2.23. The first kappa shape index (κ1) is 32.3. The van der Waals surface area contributed by atoms with Gasteiger partial charge in [-0.1, -0.05) is 114 Å². The molecule has 5 heteroatoms. The van der Waals surface area contributed by atoms with E-state index in [4.69, 9.17) is 9.72 Å². The Hall–Kier alpha value is -5.94. The van der Waals surface area contributed by atoms with Crippen LogP contribution in [0.4, 0.5) is 0 Å². The molecule has 3 heterocycles. The number of nitrogens with zero attached hydrogens (tertiary/aromatic N) is 4. The molecule has 252 valence electrons. The molecule has 0 spiro atoms. The number of para-hydroxylation sites is 2. The van der Waals surface area contributed by atoms with Crippen molar-refractivity contribution in [1.82, 2.24) is 14.1 Å². The minimum absolute atomic E-state index is 0.00426. The molecule has 0 atom stereocenters. The molecule has 0 fully saturated rings. The molecule has 0 radical (unpaired) electrons. The van der Waals surface area contributed by atoms with E-state index in [0.717, 1.165) is 56.4 Å². The van der Waals surface area contributed by atoms with Gasteiger partial charge in [0.2, 0.25) is 0 Å². The maximum absolute atomic E-state index is 6.64. The van der Waals surface area contributed by atoms with Gasteiger partial charge in [-0.2, -0.15) is 0 Å².